The van der Waals surface area contributed by atoms with E-state index in [-0.39, 0.29) is 5.91 Å². The van der Waals surface area contributed by atoms with Gasteiger partial charge in [-0.15, -0.1) is 11.3 Å². The summed E-state index contributed by atoms with van der Waals surface area (Å²) < 4.78 is 1.04. The van der Waals surface area contributed by atoms with Crippen molar-refractivity contribution in [3.8, 4) is 0 Å². The summed E-state index contributed by atoms with van der Waals surface area (Å²) in [5.74, 6) is -0.114. The van der Waals surface area contributed by atoms with Crippen molar-refractivity contribution in [1.29, 1.82) is 0 Å². The molecule has 3 nitrogen and oxygen atoms in total. The van der Waals surface area contributed by atoms with Gasteiger partial charge in [-0.3, -0.25) is 10.1 Å². The molecule has 1 amide bonds. The molecule has 1 aromatic heterocycles. The molecule has 17 heavy (non-hydrogen) atoms. The Morgan fingerprint density at radius 1 is 1.41 bits per heavy atom. The van der Waals surface area contributed by atoms with Crippen LogP contribution in [0.4, 0.5) is 5.13 Å². The number of carbonyl (C=O) groups excluding carboxylic acids is 1. The molecule has 1 N–H and O–H groups in total. The van der Waals surface area contributed by atoms with Crippen molar-refractivity contribution in [3.63, 3.8) is 0 Å². The molecule has 0 aliphatic heterocycles. The number of amides is 1. The van der Waals surface area contributed by atoms with Gasteiger partial charge in [-0.05, 0) is 54.6 Å². The van der Waals surface area contributed by atoms with Gasteiger partial charge < -0.3 is 0 Å². The normalized spacial score (nSPS) is 10.3. The van der Waals surface area contributed by atoms with Crippen molar-refractivity contribution >= 4 is 45.0 Å². The van der Waals surface area contributed by atoms with Crippen molar-refractivity contribution in [2.75, 3.05) is 5.32 Å². The summed E-state index contributed by atoms with van der Waals surface area (Å²) in [6.45, 7) is 3.93. The van der Waals surface area contributed by atoms with Crippen LogP contribution in [0.5, 0.6) is 0 Å². The molecule has 0 bridgehead atoms. The number of aryl methyl sites for hydroxylation is 2. The van der Waals surface area contributed by atoms with Crippen molar-refractivity contribution in [1.82, 2.24) is 4.98 Å². The Morgan fingerprint density at radius 3 is 2.76 bits per heavy atom. The maximum absolute atomic E-state index is 11.9. The highest BCUT2D eigenvalue weighted by molar-refractivity contribution is 14.1. The largest absolute Gasteiger partial charge is 0.298 e. The molecule has 0 aliphatic rings. The quantitative estimate of drug-likeness (QED) is 0.834. The van der Waals surface area contributed by atoms with Crippen LogP contribution in [0.15, 0.2) is 24.3 Å². The fraction of sp³-hybridized carbons (Fsp3) is 0.167. The minimum Gasteiger partial charge on any atom is -0.298 e. The standard InChI is InChI=1S/C12H11IN2OS/c1-7-8(2)17-12(14-7)15-11(16)9-4-3-5-10(13)6-9/h3-6H,1-2H3,(H,14,15,16). The number of thiazole rings is 1. The molecule has 0 unspecified atom stereocenters. The van der Waals surface area contributed by atoms with Crippen LogP contribution in [0.2, 0.25) is 0 Å². The highest BCUT2D eigenvalue weighted by atomic mass is 127. The molecule has 88 valence electrons. The number of aromatic nitrogens is 1. The third-order valence-corrected chi connectivity index (χ3v) is 4.00. The molecule has 0 spiro atoms. The first-order valence-corrected chi connectivity index (χ1v) is 6.97. The number of anilines is 1. The summed E-state index contributed by atoms with van der Waals surface area (Å²) in [5, 5.41) is 3.47. The van der Waals surface area contributed by atoms with Crippen LogP contribution in [0, 0.1) is 17.4 Å². The van der Waals surface area contributed by atoms with Gasteiger partial charge in [0, 0.05) is 14.0 Å². The number of hydrogen-bond donors (Lipinski definition) is 1. The van der Waals surface area contributed by atoms with Gasteiger partial charge in [0.05, 0.1) is 5.69 Å². The Morgan fingerprint density at radius 2 is 2.18 bits per heavy atom. The van der Waals surface area contributed by atoms with Gasteiger partial charge in [-0.25, -0.2) is 4.98 Å². The lowest BCUT2D eigenvalue weighted by atomic mass is 10.2. The predicted molar refractivity (Wildman–Crippen MR) is 78.7 cm³/mol. The average molecular weight is 358 g/mol. The number of carbonyl (C=O) groups is 1. The summed E-state index contributed by atoms with van der Waals surface area (Å²) in [6.07, 6.45) is 0. The zero-order chi connectivity index (χ0) is 12.4. The Balaban J connectivity index is 2.17. The van der Waals surface area contributed by atoms with E-state index in [1.54, 1.807) is 6.07 Å². The first-order chi connectivity index (χ1) is 8.06. The van der Waals surface area contributed by atoms with Crippen molar-refractivity contribution in [3.05, 3.63) is 44.0 Å². The zero-order valence-electron chi connectivity index (χ0n) is 9.45. The van der Waals surface area contributed by atoms with Crippen LogP contribution in [-0.2, 0) is 0 Å². The Labute approximate surface area is 117 Å². The van der Waals surface area contributed by atoms with Gasteiger partial charge in [0.2, 0.25) is 0 Å². The molecular formula is C12H11IN2OS. The summed E-state index contributed by atoms with van der Waals surface area (Å²) in [5.41, 5.74) is 1.62. The van der Waals surface area contributed by atoms with Crippen LogP contribution in [0.1, 0.15) is 20.9 Å². The highest BCUT2D eigenvalue weighted by Crippen LogP contribution is 2.21. The maximum atomic E-state index is 11.9. The third kappa shape index (κ3) is 3.04. The van der Waals surface area contributed by atoms with Gasteiger partial charge in [0.1, 0.15) is 0 Å². The topological polar surface area (TPSA) is 42.0 Å². The zero-order valence-corrected chi connectivity index (χ0v) is 12.4. The molecule has 0 saturated carbocycles. The lowest BCUT2D eigenvalue weighted by Gasteiger charge is -2.01. The van der Waals surface area contributed by atoms with E-state index in [1.165, 1.54) is 11.3 Å². The summed E-state index contributed by atoms with van der Waals surface area (Å²) in [7, 11) is 0. The van der Waals surface area contributed by atoms with E-state index < -0.39 is 0 Å². The molecule has 0 radical (unpaired) electrons. The van der Waals surface area contributed by atoms with Gasteiger partial charge in [-0.1, -0.05) is 6.07 Å². The fourth-order valence-electron chi connectivity index (χ4n) is 1.33. The smallest absolute Gasteiger partial charge is 0.257 e. The van der Waals surface area contributed by atoms with Crippen LogP contribution in [0.25, 0.3) is 0 Å². The van der Waals surface area contributed by atoms with Crippen LogP contribution >= 0.6 is 33.9 Å². The summed E-state index contributed by atoms with van der Waals surface area (Å²) in [4.78, 5) is 17.3. The number of rotatable bonds is 2. The van der Waals surface area contributed by atoms with Crippen molar-refractivity contribution in [2.24, 2.45) is 0 Å². The lowest BCUT2D eigenvalue weighted by Crippen LogP contribution is -2.11. The molecule has 1 heterocycles. The second kappa shape index (κ2) is 5.14. The molecular weight excluding hydrogens is 347 g/mol. The Hall–Kier alpha value is -0.950. The van der Waals surface area contributed by atoms with Crippen LogP contribution in [0.3, 0.4) is 0 Å². The molecule has 0 fully saturated rings. The minimum atomic E-state index is -0.114. The molecule has 0 saturated heterocycles. The molecule has 0 atom stereocenters. The van der Waals surface area contributed by atoms with Gasteiger partial charge in [0.15, 0.2) is 5.13 Å². The summed E-state index contributed by atoms with van der Waals surface area (Å²) >= 11 is 3.68. The highest BCUT2D eigenvalue weighted by Gasteiger charge is 2.09. The monoisotopic (exact) mass is 358 g/mol. The first-order valence-electron chi connectivity index (χ1n) is 5.07. The fourth-order valence-corrected chi connectivity index (χ4v) is 2.68. The lowest BCUT2D eigenvalue weighted by molar-refractivity contribution is 0.102. The molecule has 5 heteroatoms. The molecule has 2 rings (SSSR count). The van der Waals surface area contributed by atoms with Crippen LogP contribution < -0.4 is 5.32 Å². The average Bonchev–Trinajstić information content (AvgIpc) is 2.58. The number of nitrogens with one attached hydrogen (secondary N) is 1. The minimum absolute atomic E-state index is 0.114. The van der Waals surface area contributed by atoms with Gasteiger partial charge in [0.25, 0.3) is 5.91 Å². The number of hydrogen-bond acceptors (Lipinski definition) is 3. The molecule has 2 aromatic rings. The van der Waals surface area contributed by atoms with E-state index in [2.05, 4.69) is 32.9 Å². The molecule has 1 aromatic carbocycles. The van der Waals surface area contributed by atoms with Crippen molar-refractivity contribution < 1.29 is 4.79 Å². The second-order valence-corrected chi connectivity index (χ2v) is 6.07. The number of halogens is 1. The number of benzene rings is 1. The van der Waals surface area contributed by atoms with E-state index in [0.29, 0.717) is 10.7 Å². The SMILES string of the molecule is Cc1nc(NC(=O)c2cccc(I)c2)sc1C. The maximum Gasteiger partial charge on any atom is 0.257 e. The predicted octanol–water partition coefficient (Wildman–Crippen LogP) is 3.62. The first kappa shape index (κ1) is 12.5. The second-order valence-electron chi connectivity index (χ2n) is 3.63. The Kier molecular flexibility index (Phi) is 3.78. The van der Waals surface area contributed by atoms with E-state index in [9.17, 15) is 4.79 Å². The van der Waals surface area contributed by atoms with E-state index >= 15 is 0 Å². The molecule has 0 aliphatic carbocycles. The van der Waals surface area contributed by atoms with Gasteiger partial charge >= 0.3 is 0 Å². The van der Waals surface area contributed by atoms with E-state index in [4.69, 9.17) is 0 Å². The van der Waals surface area contributed by atoms with Gasteiger partial charge in [-0.2, -0.15) is 0 Å². The van der Waals surface area contributed by atoms with Crippen LogP contribution in [-0.4, -0.2) is 10.9 Å². The van der Waals surface area contributed by atoms with Crippen molar-refractivity contribution in [2.45, 2.75) is 13.8 Å². The van der Waals surface area contributed by atoms with E-state index in [1.807, 2.05) is 32.0 Å². The Bertz CT molecular complexity index is 546. The number of nitrogens with zero attached hydrogens (tertiary/aromatic N) is 1. The van der Waals surface area contributed by atoms with E-state index in [0.717, 1.165) is 14.1 Å². The summed E-state index contributed by atoms with van der Waals surface area (Å²) in [6, 6.07) is 7.47. The third-order valence-electron chi connectivity index (χ3n) is 2.34.